The summed E-state index contributed by atoms with van der Waals surface area (Å²) in [6, 6.07) is 8.42. The van der Waals surface area contributed by atoms with Gasteiger partial charge in [0.1, 0.15) is 0 Å². The van der Waals surface area contributed by atoms with Gasteiger partial charge in [-0.3, -0.25) is 10.8 Å². The predicted molar refractivity (Wildman–Crippen MR) is 81.7 cm³/mol. The third-order valence-electron chi connectivity index (χ3n) is 3.35. The van der Waals surface area contributed by atoms with Crippen LogP contribution in [0.2, 0.25) is 0 Å². The van der Waals surface area contributed by atoms with Crippen molar-refractivity contribution in [1.29, 1.82) is 0 Å². The number of hydrogen-bond donors (Lipinski definition) is 2. The van der Waals surface area contributed by atoms with Gasteiger partial charge < -0.3 is 4.74 Å². The average molecular weight is 303 g/mol. The van der Waals surface area contributed by atoms with Crippen molar-refractivity contribution in [3.63, 3.8) is 0 Å². The predicted octanol–water partition coefficient (Wildman–Crippen LogP) is 3.00. The van der Waals surface area contributed by atoms with Crippen LogP contribution in [0.3, 0.4) is 0 Å². The van der Waals surface area contributed by atoms with E-state index in [4.69, 9.17) is 10.6 Å². The zero-order valence-corrected chi connectivity index (χ0v) is 12.2. The van der Waals surface area contributed by atoms with Crippen LogP contribution in [0.25, 0.3) is 10.2 Å². The van der Waals surface area contributed by atoms with Crippen LogP contribution in [-0.4, -0.2) is 12.1 Å². The first-order chi connectivity index (χ1) is 10.2. The molecule has 2 aromatic heterocycles. The Morgan fingerprint density at radius 3 is 3.00 bits per heavy atom. The lowest BCUT2D eigenvalue weighted by Crippen LogP contribution is -2.29. The van der Waals surface area contributed by atoms with E-state index >= 15 is 0 Å². The van der Waals surface area contributed by atoms with E-state index in [0.29, 0.717) is 5.56 Å². The molecule has 3 aromatic rings. The van der Waals surface area contributed by atoms with Gasteiger partial charge in [-0.1, -0.05) is 12.1 Å². The van der Waals surface area contributed by atoms with Crippen LogP contribution in [0.5, 0.6) is 5.75 Å². The van der Waals surface area contributed by atoms with Crippen LogP contribution in [0, 0.1) is 5.82 Å². The Hall–Kier alpha value is -2.02. The van der Waals surface area contributed by atoms with Crippen LogP contribution in [0.4, 0.5) is 4.39 Å². The number of thiophene rings is 1. The second kappa shape index (κ2) is 5.77. The molecular formula is C15H14FN3OS. The number of hydrogen-bond acceptors (Lipinski definition) is 5. The summed E-state index contributed by atoms with van der Waals surface area (Å²) >= 11 is 1.59. The highest BCUT2D eigenvalue weighted by atomic mass is 32.1. The van der Waals surface area contributed by atoms with Crippen molar-refractivity contribution >= 4 is 21.6 Å². The van der Waals surface area contributed by atoms with Gasteiger partial charge in [0.15, 0.2) is 11.6 Å². The molecule has 0 aliphatic rings. The van der Waals surface area contributed by atoms with E-state index in [9.17, 15) is 4.39 Å². The third kappa shape index (κ3) is 2.49. The van der Waals surface area contributed by atoms with Crippen molar-refractivity contribution in [3.05, 3.63) is 58.9 Å². The summed E-state index contributed by atoms with van der Waals surface area (Å²) in [5.74, 6) is 5.41. The first-order valence-corrected chi connectivity index (χ1v) is 7.24. The highest BCUT2D eigenvalue weighted by Gasteiger charge is 2.20. The van der Waals surface area contributed by atoms with Gasteiger partial charge in [-0.05, 0) is 29.1 Å². The van der Waals surface area contributed by atoms with Gasteiger partial charge in [-0.15, -0.1) is 11.3 Å². The molecule has 6 heteroatoms. The summed E-state index contributed by atoms with van der Waals surface area (Å²) in [6.45, 7) is 0. The van der Waals surface area contributed by atoms with Gasteiger partial charge in [0.2, 0.25) is 0 Å². The SMILES string of the molecule is COc1cccc(C(NN)c2cnc3ccsc3c2)c1F. The maximum Gasteiger partial charge on any atom is 0.170 e. The van der Waals surface area contributed by atoms with E-state index in [1.54, 1.807) is 35.7 Å². The Kier molecular flexibility index (Phi) is 3.83. The molecule has 4 nitrogen and oxygen atoms in total. The molecule has 1 atom stereocenters. The Bertz CT molecular complexity index is 774. The third-order valence-corrected chi connectivity index (χ3v) is 4.20. The molecule has 0 aliphatic heterocycles. The fourth-order valence-electron chi connectivity index (χ4n) is 2.29. The van der Waals surface area contributed by atoms with Crippen molar-refractivity contribution < 1.29 is 9.13 Å². The van der Waals surface area contributed by atoms with Crippen molar-refractivity contribution in [3.8, 4) is 5.75 Å². The molecule has 0 amide bonds. The Balaban J connectivity index is 2.09. The zero-order chi connectivity index (χ0) is 14.8. The van der Waals surface area contributed by atoms with Gasteiger partial charge >= 0.3 is 0 Å². The van der Waals surface area contributed by atoms with Crippen LogP contribution in [-0.2, 0) is 0 Å². The topological polar surface area (TPSA) is 60.2 Å². The van der Waals surface area contributed by atoms with Crippen molar-refractivity contribution in [1.82, 2.24) is 10.4 Å². The molecule has 0 saturated carbocycles. The largest absolute Gasteiger partial charge is 0.494 e. The highest BCUT2D eigenvalue weighted by molar-refractivity contribution is 7.17. The lowest BCUT2D eigenvalue weighted by atomic mass is 10.00. The van der Waals surface area contributed by atoms with Gasteiger partial charge in [-0.25, -0.2) is 9.82 Å². The number of ether oxygens (including phenoxy) is 1. The van der Waals surface area contributed by atoms with E-state index in [2.05, 4.69) is 10.4 Å². The van der Waals surface area contributed by atoms with Gasteiger partial charge in [0.25, 0.3) is 0 Å². The smallest absolute Gasteiger partial charge is 0.170 e. The van der Waals surface area contributed by atoms with E-state index < -0.39 is 11.9 Å². The molecule has 108 valence electrons. The number of halogens is 1. The monoisotopic (exact) mass is 303 g/mol. The number of hydrazine groups is 1. The molecule has 1 aromatic carbocycles. The Morgan fingerprint density at radius 2 is 2.24 bits per heavy atom. The number of nitrogens with zero attached hydrogens (tertiary/aromatic N) is 1. The first-order valence-electron chi connectivity index (χ1n) is 6.36. The summed E-state index contributed by atoms with van der Waals surface area (Å²) in [4.78, 5) is 4.37. The number of benzene rings is 1. The number of fused-ring (bicyclic) bond motifs is 1. The number of nitrogens with two attached hydrogens (primary N) is 1. The first kappa shape index (κ1) is 13.9. The molecule has 3 N–H and O–H groups in total. The van der Waals surface area contributed by atoms with E-state index in [1.165, 1.54) is 7.11 Å². The molecule has 0 saturated heterocycles. The van der Waals surface area contributed by atoms with Crippen LogP contribution >= 0.6 is 11.3 Å². The fraction of sp³-hybridized carbons (Fsp3) is 0.133. The molecule has 3 rings (SSSR count). The van der Waals surface area contributed by atoms with E-state index in [-0.39, 0.29) is 5.75 Å². The normalized spacial score (nSPS) is 12.5. The molecular weight excluding hydrogens is 289 g/mol. The molecule has 21 heavy (non-hydrogen) atoms. The maximum absolute atomic E-state index is 14.4. The fourth-order valence-corrected chi connectivity index (χ4v) is 3.08. The van der Waals surface area contributed by atoms with E-state index in [1.807, 2.05) is 17.5 Å². The zero-order valence-electron chi connectivity index (χ0n) is 11.3. The van der Waals surface area contributed by atoms with Crippen molar-refractivity contribution in [2.75, 3.05) is 7.11 Å². The standard InChI is InChI=1S/C15H14FN3OS/c1-20-12-4-2-3-10(14(12)16)15(19-17)9-7-13-11(18-8-9)5-6-21-13/h2-8,15,19H,17H2,1H3. The number of nitrogens with one attached hydrogen (secondary N) is 1. The van der Waals surface area contributed by atoms with Crippen LogP contribution < -0.4 is 16.0 Å². The molecule has 0 spiro atoms. The quantitative estimate of drug-likeness (QED) is 0.574. The highest BCUT2D eigenvalue weighted by Crippen LogP contribution is 2.30. The van der Waals surface area contributed by atoms with Gasteiger partial charge in [0.05, 0.1) is 23.4 Å². The lowest BCUT2D eigenvalue weighted by Gasteiger charge is -2.18. The summed E-state index contributed by atoms with van der Waals surface area (Å²) in [5, 5.41) is 1.97. The molecule has 2 heterocycles. The number of pyridine rings is 1. The minimum absolute atomic E-state index is 0.193. The number of methoxy groups -OCH3 is 1. The number of aromatic nitrogens is 1. The molecule has 0 aliphatic carbocycles. The summed E-state index contributed by atoms with van der Waals surface area (Å²) in [6.07, 6.45) is 1.71. The number of rotatable bonds is 4. The van der Waals surface area contributed by atoms with E-state index in [0.717, 1.165) is 15.8 Å². The summed E-state index contributed by atoms with van der Waals surface area (Å²) in [7, 11) is 1.44. The Morgan fingerprint density at radius 1 is 1.38 bits per heavy atom. The van der Waals surface area contributed by atoms with Crippen molar-refractivity contribution in [2.24, 2.45) is 5.84 Å². The molecule has 0 bridgehead atoms. The average Bonchev–Trinajstić information content (AvgIpc) is 2.97. The summed E-state index contributed by atoms with van der Waals surface area (Å²) < 4.78 is 20.5. The molecule has 0 fully saturated rings. The second-order valence-corrected chi connectivity index (χ2v) is 5.48. The van der Waals surface area contributed by atoms with Crippen LogP contribution in [0.15, 0.2) is 41.9 Å². The van der Waals surface area contributed by atoms with Gasteiger partial charge in [0, 0.05) is 11.8 Å². The minimum atomic E-state index is -0.487. The Labute approximate surface area is 125 Å². The van der Waals surface area contributed by atoms with Gasteiger partial charge in [-0.2, -0.15) is 0 Å². The van der Waals surface area contributed by atoms with Crippen molar-refractivity contribution in [2.45, 2.75) is 6.04 Å². The maximum atomic E-state index is 14.4. The lowest BCUT2D eigenvalue weighted by molar-refractivity contribution is 0.381. The van der Waals surface area contributed by atoms with Crippen LogP contribution in [0.1, 0.15) is 17.2 Å². The summed E-state index contributed by atoms with van der Waals surface area (Å²) in [5.41, 5.74) is 4.81. The molecule has 0 radical (unpaired) electrons. The molecule has 1 unspecified atom stereocenters. The minimum Gasteiger partial charge on any atom is -0.494 e. The second-order valence-electron chi connectivity index (χ2n) is 4.54.